The van der Waals surface area contributed by atoms with Crippen molar-refractivity contribution in [3.05, 3.63) is 0 Å². The molecule has 0 aromatic heterocycles. The number of methoxy groups -OCH3 is 1. The van der Waals surface area contributed by atoms with E-state index in [1.807, 2.05) is 0 Å². The highest BCUT2D eigenvalue weighted by Crippen LogP contribution is 2.58. The number of carbonyl (C=O) groups excluding carboxylic acids is 2. The molecular formula is C15H24N2O3. The summed E-state index contributed by atoms with van der Waals surface area (Å²) in [4.78, 5) is 24.0. The van der Waals surface area contributed by atoms with Gasteiger partial charge < -0.3 is 15.4 Å². The van der Waals surface area contributed by atoms with Crippen LogP contribution >= 0.6 is 0 Å². The average Bonchev–Trinajstić information content (AvgIpc) is 3.10. The molecule has 2 saturated carbocycles. The van der Waals surface area contributed by atoms with Crippen molar-refractivity contribution in [3.8, 4) is 0 Å². The summed E-state index contributed by atoms with van der Waals surface area (Å²) in [5.41, 5.74) is -0.0631. The Bertz CT molecular complexity index is 411. The molecule has 0 aromatic rings. The molecule has 0 aromatic carbocycles. The van der Waals surface area contributed by atoms with Crippen molar-refractivity contribution in [1.29, 1.82) is 0 Å². The van der Waals surface area contributed by atoms with Crippen molar-refractivity contribution in [2.75, 3.05) is 20.2 Å². The standard InChI is InChI=1S/C15H24N2O3/c1-20-12(18)10-15(3-2-4-15)17-13(19)11-9-14(11)5-7-16-8-6-14/h11,16H,2-10H2,1H3,(H,17,19). The van der Waals surface area contributed by atoms with Gasteiger partial charge in [-0.25, -0.2) is 0 Å². The maximum absolute atomic E-state index is 12.5. The van der Waals surface area contributed by atoms with E-state index in [2.05, 4.69) is 10.6 Å². The van der Waals surface area contributed by atoms with Crippen LogP contribution < -0.4 is 10.6 Å². The van der Waals surface area contributed by atoms with Crippen molar-refractivity contribution < 1.29 is 14.3 Å². The fraction of sp³-hybridized carbons (Fsp3) is 0.867. The lowest BCUT2D eigenvalue weighted by molar-refractivity contribution is -0.144. The van der Waals surface area contributed by atoms with Crippen molar-refractivity contribution in [2.45, 2.75) is 50.5 Å². The quantitative estimate of drug-likeness (QED) is 0.753. The monoisotopic (exact) mass is 280 g/mol. The van der Waals surface area contributed by atoms with Crippen molar-refractivity contribution in [3.63, 3.8) is 0 Å². The van der Waals surface area contributed by atoms with Gasteiger partial charge >= 0.3 is 5.97 Å². The molecule has 1 amide bonds. The van der Waals surface area contributed by atoms with Crippen LogP contribution in [0.25, 0.3) is 0 Å². The minimum Gasteiger partial charge on any atom is -0.469 e. The van der Waals surface area contributed by atoms with Gasteiger partial charge in [0.05, 0.1) is 19.1 Å². The Balaban J connectivity index is 1.57. The molecule has 5 heteroatoms. The zero-order chi connectivity index (χ0) is 14.2. The first kappa shape index (κ1) is 13.9. The molecular weight excluding hydrogens is 256 g/mol. The summed E-state index contributed by atoms with van der Waals surface area (Å²) in [6, 6.07) is 0. The Morgan fingerprint density at radius 3 is 2.50 bits per heavy atom. The molecule has 2 N–H and O–H groups in total. The van der Waals surface area contributed by atoms with Crippen LogP contribution in [0.4, 0.5) is 0 Å². The summed E-state index contributed by atoms with van der Waals surface area (Å²) in [7, 11) is 1.40. The molecule has 5 nitrogen and oxygen atoms in total. The summed E-state index contributed by atoms with van der Waals surface area (Å²) in [5.74, 6) is 0.104. The molecule has 1 unspecified atom stereocenters. The summed E-state index contributed by atoms with van der Waals surface area (Å²) in [6.45, 7) is 2.05. The molecule has 1 saturated heterocycles. The van der Waals surface area contributed by atoms with E-state index in [0.29, 0.717) is 6.42 Å². The lowest BCUT2D eigenvalue weighted by atomic mass is 9.74. The third-order valence-electron chi connectivity index (χ3n) is 5.51. The number of carbonyl (C=O) groups is 2. The highest BCUT2D eigenvalue weighted by atomic mass is 16.5. The number of ether oxygens (including phenoxy) is 1. The van der Waals surface area contributed by atoms with Gasteiger partial charge in [-0.1, -0.05) is 0 Å². The fourth-order valence-electron chi connectivity index (χ4n) is 3.84. The Morgan fingerprint density at radius 2 is 1.95 bits per heavy atom. The molecule has 0 bridgehead atoms. The smallest absolute Gasteiger partial charge is 0.307 e. The van der Waals surface area contributed by atoms with Crippen LogP contribution in [0, 0.1) is 11.3 Å². The maximum Gasteiger partial charge on any atom is 0.307 e. The first-order chi connectivity index (χ1) is 9.59. The van der Waals surface area contributed by atoms with E-state index in [0.717, 1.165) is 51.6 Å². The van der Waals surface area contributed by atoms with Crippen LogP contribution in [-0.4, -0.2) is 37.6 Å². The summed E-state index contributed by atoms with van der Waals surface area (Å²) >= 11 is 0. The van der Waals surface area contributed by atoms with Gasteiger partial charge in [-0.3, -0.25) is 9.59 Å². The van der Waals surface area contributed by atoms with Crippen molar-refractivity contribution >= 4 is 11.9 Å². The van der Waals surface area contributed by atoms with Gasteiger partial charge in [0.1, 0.15) is 0 Å². The van der Waals surface area contributed by atoms with E-state index >= 15 is 0 Å². The second-order valence-electron chi connectivity index (χ2n) is 6.75. The lowest BCUT2D eigenvalue weighted by Gasteiger charge is -2.42. The third-order valence-corrected chi connectivity index (χ3v) is 5.51. The molecule has 20 heavy (non-hydrogen) atoms. The molecule has 1 atom stereocenters. The summed E-state index contributed by atoms with van der Waals surface area (Å²) in [6.07, 6.45) is 6.43. The molecule has 2 aliphatic carbocycles. The van der Waals surface area contributed by atoms with Crippen LogP contribution in [-0.2, 0) is 14.3 Å². The second-order valence-corrected chi connectivity index (χ2v) is 6.75. The van der Waals surface area contributed by atoms with E-state index in [1.54, 1.807) is 0 Å². The van der Waals surface area contributed by atoms with Crippen LogP contribution in [0.3, 0.4) is 0 Å². The first-order valence-corrected chi connectivity index (χ1v) is 7.69. The van der Waals surface area contributed by atoms with E-state index in [-0.39, 0.29) is 28.7 Å². The highest BCUT2D eigenvalue weighted by molar-refractivity contribution is 5.84. The zero-order valence-electron chi connectivity index (χ0n) is 12.2. The van der Waals surface area contributed by atoms with Crippen molar-refractivity contribution in [1.82, 2.24) is 10.6 Å². The first-order valence-electron chi connectivity index (χ1n) is 7.69. The number of hydrogen-bond acceptors (Lipinski definition) is 4. The number of hydrogen-bond donors (Lipinski definition) is 2. The maximum atomic E-state index is 12.5. The number of rotatable bonds is 4. The average molecular weight is 280 g/mol. The summed E-state index contributed by atoms with van der Waals surface area (Å²) < 4.78 is 4.75. The number of nitrogens with one attached hydrogen (secondary N) is 2. The number of esters is 1. The van der Waals surface area contributed by atoms with Gasteiger partial charge in [-0.05, 0) is 57.0 Å². The predicted molar refractivity (Wildman–Crippen MR) is 74.0 cm³/mol. The Morgan fingerprint density at radius 1 is 1.25 bits per heavy atom. The molecule has 1 aliphatic heterocycles. The Labute approximate surface area is 119 Å². The predicted octanol–water partition coefficient (Wildman–Crippen LogP) is 0.978. The van der Waals surface area contributed by atoms with Gasteiger partial charge in [0.25, 0.3) is 0 Å². The number of amides is 1. The van der Waals surface area contributed by atoms with Gasteiger partial charge in [0, 0.05) is 5.92 Å². The summed E-state index contributed by atoms with van der Waals surface area (Å²) in [5, 5.41) is 6.52. The SMILES string of the molecule is COC(=O)CC1(NC(=O)C2CC23CCNCC3)CCC1. The van der Waals surface area contributed by atoms with E-state index < -0.39 is 0 Å². The zero-order valence-corrected chi connectivity index (χ0v) is 12.2. The van der Waals surface area contributed by atoms with Crippen LogP contribution in [0.2, 0.25) is 0 Å². The minimum absolute atomic E-state index is 0.163. The Hall–Kier alpha value is -1.10. The molecule has 3 fully saturated rings. The highest BCUT2D eigenvalue weighted by Gasteiger charge is 2.58. The number of piperidine rings is 1. The van der Waals surface area contributed by atoms with Gasteiger partial charge in [-0.15, -0.1) is 0 Å². The van der Waals surface area contributed by atoms with Crippen molar-refractivity contribution in [2.24, 2.45) is 11.3 Å². The molecule has 0 radical (unpaired) electrons. The topological polar surface area (TPSA) is 67.4 Å². The van der Waals surface area contributed by atoms with Crippen LogP contribution in [0.1, 0.15) is 44.9 Å². The van der Waals surface area contributed by atoms with E-state index in [4.69, 9.17) is 4.74 Å². The van der Waals surface area contributed by atoms with Crippen LogP contribution in [0.15, 0.2) is 0 Å². The molecule has 3 rings (SSSR count). The van der Waals surface area contributed by atoms with Gasteiger partial charge in [0.2, 0.25) is 5.91 Å². The van der Waals surface area contributed by atoms with Crippen LogP contribution in [0.5, 0.6) is 0 Å². The fourth-order valence-corrected chi connectivity index (χ4v) is 3.84. The largest absolute Gasteiger partial charge is 0.469 e. The Kier molecular flexibility index (Phi) is 3.48. The second kappa shape index (κ2) is 5.02. The van der Waals surface area contributed by atoms with E-state index in [1.165, 1.54) is 7.11 Å². The van der Waals surface area contributed by atoms with Gasteiger partial charge in [0.15, 0.2) is 0 Å². The molecule has 112 valence electrons. The molecule has 1 spiro atoms. The third kappa shape index (κ3) is 2.43. The lowest BCUT2D eigenvalue weighted by Crippen LogP contribution is -2.55. The molecule has 1 heterocycles. The van der Waals surface area contributed by atoms with E-state index in [9.17, 15) is 9.59 Å². The molecule has 3 aliphatic rings. The normalized spacial score (nSPS) is 29.4. The minimum atomic E-state index is -0.319. The van der Waals surface area contributed by atoms with Gasteiger partial charge in [-0.2, -0.15) is 0 Å².